The average Bonchev–Trinajstić information content (AvgIpc) is 2.59. The number of hydrogen-bond donors (Lipinski definition) is 2. The number of hydrazone groups is 1. The molecule has 0 spiro atoms. The molecule has 1 aliphatic rings. The van der Waals surface area contributed by atoms with Gasteiger partial charge in [0, 0.05) is 10.6 Å². The van der Waals surface area contributed by atoms with Crippen molar-refractivity contribution in [3.05, 3.63) is 64.7 Å². The molecule has 0 saturated carbocycles. The first-order valence-corrected chi connectivity index (χ1v) is 8.65. The molecule has 0 radical (unpaired) electrons. The molecule has 0 amide bonds. The highest BCUT2D eigenvalue weighted by Gasteiger charge is 2.19. The number of hydrogen-bond acceptors (Lipinski definition) is 3. The van der Waals surface area contributed by atoms with E-state index in [1.54, 1.807) is 17.0 Å². The lowest BCUT2D eigenvalue weighted by molar-refractivity contribution is -0.918. The molecule has 2 N–H and O–H groups in total. The van der Waals surface area contributed by atoms with Crippen molar-refractivity contribution in [1.82, 2.24) is 5.01 Å². The Morgan fingerprint density at radius 2 is 1.71 bits per heavy atom. The minimum Gasteiger partial charge on any atom is -0.508 e. The first kappa shape index (κ1) is 16.8. The number of nitrogens with one attached hydrogen (secondary N) is 1. The predicted octanol–water partition coefficient (Wildman–Crippen LogP) is 2.17. The van der Waals surface area contributed by atoms with Gasteiger partial charge in [-0.15, -0.1) is 0 Å². The summed E-state index contributed by atoms with van der Waals surface area (Å²) in [6.45, 7) is 7.12. The number of benzene rings is 2. The van der Waals surface area contributed by atoms with Crippen LogP contribution >= 0.6 is 11.6 Å². The number of phenolic OH excluding ortho intramolecular Hbond substituents is 1. The smallest absolute Gasteiger partial charge is 0.115 e. The Balaban J connectivity index is 1.53. The molecule has 0 unspecified atom stereocenters. The van der Waals surface area contributed by atoms with Gasteiger partial charge in [-0.25, -0.2) is 0 Å². The average molecular weight is 345 g/mol. The van der Waals surface area contributed by atoms with Gasteiger partial charge in [-0.2, -0.15) is 5.10 Å². The van der Waals surface area contributed by atoms with Crippen LogP contribution in [0.5, 0.6) is 5.75 Å². The van der Waals surface area contributed by atoms with Crippen molar-refractivity contribution in [3.8, 4) is 5.75 Å². The van der Waals surface area contributed by atoms with Gasteiger partial charge >= 0.3 is 0 Å². The van der Waals surface area contributed by atoms with Gasteiger partial charge in [0.1, 0.15) is 12.3 Å². The van der Waals surface area contributed by atoms with Gasteiger partial charge < -0.3 is 10.0 Å². The number of nitrogens with zero attached hydrogens (tertiary/aromatic N) is 2. The number of aromatic hydroxyl groups is 1. The molecule has 1 fully saturated rings. The van der Waals surface area contributed by atoms with Crippen molar-refractivity contribution < 1.29 is 10.0 Å². The van der Waals surface area contributed by atoms with Crippen molar-refractivity contribution in [2.75, 3.05) is 26.2 Å². The molecule has 0 bridgehead atoms. The van der Waals surface area contributed by atoms with Crippen molar-refractivity contribution in [2.24, 2.45) is 5.10 Å². The van der Waals surface area contributed by atoms with Crippen LogP contribution in [0.25, 0.3) is 0 Å². The number of rotatable bonds is 4. The van der Waals surface area contributed by atoms with Gasteiger partial charge in [-0.3, -0.25) is 5.01 Å². The second-order valence-corrected chi connectivity index (χ2v) is 6.68. The van der Waals surface area contributed by atoms with Gasteiger partial charge in [0.15, 0.2) is 0 Å². The van der Waals surface area contributed by atoms with Gasteiger partial charge in [0.05, 0.1) is 31.9 Å². The van der Waals surface area contributed by atoms with Crippen LogP contribution in [0.4, 0.5) is 0 Å². The molecule has 5 heteroatoms. The van der Waals surface area contributed by atoms with Crippen LogP contribution in [0.3, 0.4) is 0 Å². The molecule has 4 nitrogen and oxygen atoms in total. The van der Waals surface area contributed by atoms with Gasteiger partial charge in [-0.1, -0.05) is 23.7 Å². The van der Waals surface area contributed by atoms with Crippen LogP contribution in [-0.4, -0.2) is 42.0 Å². The predicted molar refractivity (Wildman–Crippen MR) is 97.7 cm³/mol. The molecule has 1 aliphatic heterocycles. The molecule has 0 atom stereocenters. The standard InChI is InChI=1S/C19H22ClN3O/c1-15(17-4-8-19(24)9-5-17)21-23-12-10-22(11-13-23)14-16-2-6-18(20)7-3-16/h2-9,24H,10-14H2,1H3/p+1/b21-15+. The number of phenols is 1. The van der Waals surface area contributed by atoms with Crippen molar-refractivity contribution in [3.63, 3.8) is 0 Å². The summed E-state index contributed by atoms with van der Waals surface area (Å²) in [7, 11) is 0. The molecule has 24 heavy (non-hydrogen) atoms. The van der Waals surface area contributed by atoms with Crippen LogP contribution in [0.15, 0.2) is 53.6 Å². The first-order valence-electron chi connectivity index (χ1n) is 8.28. The van der Waals surface area contributed by atoms with Crippen LogP contribution in [0.2, 0.25) is 5.02 Å². The highest BCUT2D eigenvalue weighted by Crippen LogP contribution is 2.11. The molecular weight excluding hydrogens is 322 g/mol. The number of halogens is 1. The van der Waals surface area contributed by atoms with E-state index in [1.807, 2.05) is 31.2 Å². The third kappa shape index (κ3) is 4.49. The van der Waals surface area contributed by atoms with E-state index in [0.29, 0.717) is 0 Å². The summed E-state index contributed by atoms with van der Waals surface area (Å²) in [6.07, 6.45) is 0. The summed E-state index contributed by atoms with van der Waals surface area (Å²) in [5.74, 6) is 0.283. The Hall–Kier alpha value is -2.04. The Morgan fingerprint density at radius 1 is 1.08 bits per heavy atom. The van der Waals surface area contributed by atoms with E-state index in [-0.39, 0.29) is 5.75 Å². The van der Waals surface area contributed by atoms with Crippen molar-refractivity contribution >= 4 is 17.3 Å². The molecular formula is C19H23ClN3O+. The normalized spacial score (nSPS) is 16.4. The van der Waals surface area contributed by atoms with E-state index in [9.17, 15) is 5.11 Å². The molecule has 126 valence electrons. The largest absolute Gasteiger partial charge is 0.508 e. The van der Waals surface area contributed by atoms with Crippen LogP contribution in [-0.2, 0) is 6.54 Å². The fourth-order valence-electron chi connectivity index (χ4n) is 2.95. The summed E-state index contributed by atoms with van der Waals surface area (Å²) >= 11 is 5.94. The van der Waals surface area contributed by atoms with Gasteiger partial charge in [0.25, 0.3) is 0 Å². The zero-order valence-corrected chi connectivity index (χ0v) is 14.6. The highest BCUT2D eigenvalue weighted by molar-refractivity contribution is 6.30. The summed E-state index contributed by atoms with van der Waals surface area (Å²) in [6, 6.07) is 15.3. The van der Waals surface area contributed by atoms with E-state index < -0.39 is 0 Å². The zero-order chi connectivity index (χ0) is 16.9. The third-order valence-corrected chi connectivity index (χ3v) is 4.64. The summed E-state index contributed by atoms with van der Waals surface area (Å²) in [4.78, 5) is 1.58. The topological polar surface area (TPSA) is 40.3 Å². The highest BCUT2D eigenvalue weighted by atomic mass is 35.5. The van der Waals surface area contributed by atoms with Gasteiger partial charge in [0.2, 0.25) is 0 Å². The van der Waals surface area contributed by atoms with E-state index in [2.05, 4.69) is 17.1 Å². The van der Waals surface area contributed by atoms with Crippen molar-refractivity contribution in [1.29, 1.82) is 0 Å². The zero-order valence-electron chi connectivity index (χ0n) is 13.9. The van der Waals surface area contributed by atoms with Crippen LogP contribution in [0.1, 0.15) is 18.1 Å². The Kier molecular flexibility index (Phi) is 5.38. The maximum atomic E-state index is 9.36. The maximum absolute atomic E-state index is 9.36. The molecule has 1 heterocycles. The Bertz CT molecular complexity index is 690. The lowest BCUT2D eigenvalue weighted by Crippen LogP contribution is -3.13. The van der Waals surface area contributed by atoms with E-state index in [4.69, 9.17) is 16.7 Å². The lowest BCUT2D eigenvalue weighted by Gasteiger charge is -2.31. The van der Waals surface area contributed by atoms with Gasteiger partial charge in [-0.05, 0) is 48.9 Å². The molecule has 0 aromatic heterocycles. The first-order chi connectivity index (χ1) is 11.6. The SMILES string of the molecule is C/C(=N\N1CC[NH+](Cc2ccc(Cl)cc2)CC1)c1ccc(O)cc1. The fourth-order valence-corrected chi connectivity index (χ4v) is 3.08. The second kappa shape index (κ2) is 7.69. The van der Waals surface area contributed by atoms with Crippen molar-refractivity contribution in [2.45, 2.75) is 13.5 Å². The third-order valence-electron chi connectivity index (χ3n) is 4.39. The summed E-state index contributed by atoms with van der Waals surface area (Å²) in [5, 5.41) is 17.0. The summed E-state index contributed by atoms with van der Waals surface area (Å²) in [5.41, 5.74) is 3.35. The minimum absolute atomic E-state index is 0.283. The van der Waals surface area contributed by atoms with Crippen LogP contribution < -0.4 is 4.90 Å². The molecule has 3 rings (SSSR count). The second-order valence-electron chi connectivity index (χ2n) is 6.24. The monoisotopic (exact) mass is 344 g/mol. The number of piperazine rings is 1. The summed E-state index contributed by atoms with van der Waals surface area (Å²) < 4.78 is 0. The maximum Gasteiger partial charge on any atom is 0.115 e. The number of quaternary nitrogens is 1. The molecule has 0 aliphatic carbocycles. The Morgan fingerprint density at radius 3 is 2.33 bits per heavy atom. The molecule has 2 aromatic carbocycles. The quantitative estimate of drug-likeness (QED) is 0.835. The van der Waals surface area contributed by atoms with E-state index in [1.165, 1.54) is 5.56 Å². The molecule has 2 aromatic rings. The lowest BCUT2D eigenvalue weighted by atomic mass is 10.1. The van der Waals surface area contributed by atoms with Crippen LogP contribution in [0, 0.1) is 0 Å². The van der Waals surface area contributed by atoms with E-state index >= 15 is 0 Å². The minimum atomic E-state index is 0.283. The van der Waals surface area contributed by atoms with E-state index in [0.717, 1.165) is 49.0 Å². The molecule has 1 saturated heterocycles. The Labute approximate surface area is 148 Å². The fraction of sp³-hybridized carbons (Fsp3) is 0.316.